The Hall–Kier alpha value is -2.66. The maximum atomic E-state index is 7.45. The van der Waals surface area contributed by atoms with Gasteiger partial charge in [0.05, 0.1) is 17.4 Å². The SMILES string of the molecule is [C-]#[N+]C(C)(C)Cc1cc2cc[n+](C)c(-c3cc(C)cc(C)c3C)c2cc1C. The van der Waals surface area contributed by atoms with Crippen molar-refractivity contribution >= 4 is 10.8 Å². The average molecular weight is 358 g/mol. The van der Waals surface area contributed by atoms with E-state index in [-0.39, 0.29) is 5.54 Å². The number of rotatable bonds is 3. The smallest absolute Gasteiger partial charge is 0.231 e. The first kappa shape index (κ1) is 19.1. The van der Waals surface area contributed by atoms with Crippen LogP contribution in [0.5, 0.6) is 0 Å². The zero-order valence-electron chi connectivity index (χ0n) is 17.6. The highest BCUT2D eigenvalue weighted by Gasteiger charge is 2.25. The number of benzene rings is 2. The average Bonchev–Trinajstić information content (AvgIpc) is 2.59. The zero-order chi connectivity index (χ0) is 19.9. The van der Waals surface area contributed by atoms with E-state index in [1.807, 2.05) is 13.8 Å². The number of nitrogens with zero attached hydrogens (tertiary/aromatic N) is 2. The van der Waals surface area contributed by atoms with Crippen LogP contribution in [0.25, 0.3) is 26.9 Å². The summed E-state index contributed by atoms with van der Waals surface area (Å²) < 4.78 is 2.23. The summed E-state index contributed by atoms with van der Waals surface area (Å²) >= 11 is 0. The molecule has 2 nitrogen and oxygen atoms in total. The minimum Gasteiger partial charge on any atom is -0.311 e. The maximum absolute atomic E-state index is 7.45. The molecule has 0 unspecified atom stereocenters. The normalized spacial score (nSPS) is 11.6. The van der Waals surface area contributed by atoms with Crippen LogP contribution in [-0.2, 0) is 13.5 Å². The molecule has 0 bridgehead atoms. The van der Waals surface area contributed by atoms with Gasteiger partial charge >= 0.3 is 0 Å². The largest absolute Gasteiger partial charge is 0.311 e. The van der Waals surface area contributed by atoms with Crippen molar-refractivity contribution in [2.24, 2.45) is 7.05 Å². The minimum atomic E-state index is -0.370. The molecule has 1 heterocycles. The van der Waals surface area contributed by atoms with Crippen LogP contribution in [0.3, 0.4) is 0 Å². The Morgan fingerprint density at radius 2 is 1.70 bits per heavy atom. The molecule has 0 radical (unpaired) electrons. The van der Waals surface area contributed by atoms with Gasteiger partial charge < -0.3 is 4.85 Å². The number of aryl methyl sites for hydroxylation is 4. The highest BCUT2D eigenvalue weighted by atomic mass is 14.9. The Morgan fingerprint density at radius 3 is 2.37 bits per heavy atom. The third-order valence-corrected chi connectivity index (χ3v) is 5.59. The third-order valence-electron chi connectivity index (χ3n) is 5.59. The van der Waals surface area contributed by atoms with Crippen molar-refractivity contribution < 1.29 is 4.57 Å². The van der Waals surface area contributed by atoms with Crippen molar-refractivity contribution in [3.05, 3.63) is 75.8 Å². The molecule has 2 heteroatoms. The molecule has 0 spiro atoms. The van der Waals surface area contributed by atoms with Crippen molar-refractivity contribution in [3.8, 4) is 11.3 Å². The summed E-state index contributed by atoms with van der Waals surface area (Å²) in [4.78, 5) is 3.79. The molecule has 0 atom stereocenters. The monoisotopic (exact) mass is 357 g/mol. The second-order valence-electron chi connectivity index (χ2n) is 8.50. The van der Waals surface area contributed by atoms with Gasteiger partial charge in [0.25, 0.3) is 0 Å². The van der Waals surface area contributed by atoms with Crippen molar-refractivity contribution in [3.63, 3.8) is 0 Å². The van der Waals surface area contributed by atoms with Crippen LogP contribution in [0.15, 0.2) is 36.5 Å². The van der Waals surface area contributed by atoms with Crippen molar-refractivity contribution in [1.29, 1.82) is 0 Å². The molecule has 138 valence electrons. The molecule has 1 aromatic heterocycles. The fourth-order valence-electron chi connectivity index (χ4n) is 3.89. The molecule has 3 rings (SSSR count). The molecule has 0 saturated heterocycles. The molecule has 27 heavy (non-hydrogen) atoms. The molecule has 0 amide bonds. The lowest BCUT2D eigenvalue weighted by molar-refractivity contribution is -0.659. The predicted octanol–water partition coefficient (Wildman–Crippen LogP) is 5.81. The van der Waals surface area contributed by atoms with Gasteiger partial charge in [-0.3, -0.25) is 0 Å². The van der Waals surface area contributed by atoms with E-state index < -0.39 is 0 Å². The lowest BCUT2D eigenvalue weighted by atomic mass is 9.89. The van der Waals surface area contributed by atoms with Gasteiger partial charge in [-0.05, 0) is 67.5 Å². The number of aromatic nitrogens is 1. The van der Waals surface area contributed by atoms with Gasteiger partial charge in [0, 0.05) is 19.9 Å². The number of hydrogen-bond acceptors (Lipinski definition) is 0. The summed E-state index contributed by atoms with van der Waals surface area (Å²) in [6.45, 7) is 20.2. The summed E-state index contributed by atoms with van der Waals surface area (Å²) in [7, 11) is 2.12. The molecular formula is C25H29N2+. The van der Waals surface area contributed by atoms with E-state index in [0.717, 1.165) is 6.42 Å². The van der Waals surface area contributed by atoms with Crippen LogP contribution in [0.2, 0.25) is 0 Å². The Morgan fingerprint density at radius 1 is 1.00 bits per heavy atom. The van der Waals surface area contributed by atoms with Crippen LogP contribution in [0.1, 0.15) is 41.7 Å². The quantitative estimate of drug-likeness (QED) is 0.413. The van der Waals surface area contributed by atoms with Crippen molar-refractivity contribution in [1.82, 2.24) is 0 Å². The Bertz CT molecular complexity index is 1080. The molecule has 0 saturated carbocycles. The van der Waals surface area contributed by atoms with Crippen LogP contribution in [0.4, 0.5) is 0 Å². The second kappa shape index (κ2) is 6.82. The summed E-state index contributed by atoms with van der Waals surface area (Å²) in [5.74, 6) is 0. The number of fused-ring (bicyclic) bond motifs is 1. The molecular weight excluding hydrogens is 328 g/mol. The van der Waals surface area contributed by atoms with E-state index in [1.54, 1.807) is 0 Å². The van der Waals surface area contributed by atoms with E-state index in [4.69, 9.17) is 6.57 Å². The van der Waals surface area contributed by atoms with E-state index in [1.165, 1.54) is 49.8 Å². The summed E-state index contributed by atoms with van der Waals surface area (Å²) in [5.41, 5.74) is 8.66. The summed E-state index contributed by atoms with van der Waals surface area (Å²) in [6, 6.07) is 11.3. The van der Waals surface area contributed by atoms with E-state index >= 15 is 0 Å². The summed E-state index contributed by atoms with van der Waals surface area (Å²) in [5, 5.41) is 2.51. The first-order valence-corrected chi connectivity index (χ1v) is 9.51. The fraction of sp³-hybridized carbons (Fsp3) is 0.360. The standard InChI is InChI=1S/C25H29N2/c1-16-11-17(2)19(4)22(12-16)24-23-13-18(3)21(15-25(5,6)26-7)14-20(23)9-10-27(24)8/h9-14H,15H2,1-6,8H3/q+1. The lowest BCUT2D eigenvalue weighted by Crippen LogP contribution is -2.31. The zero-order valence-corrected chi connectivity index (χ0v) is 17.6. The summed E-state index contributed by atoms with van der Waals surface area (Å²) in [6.07, 6.45) is 2.92. The van der Waals surface area contributed by atoms with E-state index in [9.17, 15) is 0 Å². The first-order chi connectivity index (χ1) is 12.6. The lowest BCUT2D eigenvalue weighted by Gasteiger charge is -2.16. The second-order valence-corrected chi connectivity index (χ2v) is 8.50. The van der Waals surface area contributed by atoms with Gasteiger partial charge in [0.2, 0.25) is 11.2 Å². The molecule has 0 aliphatic rings. The maximum Gasteiger partial charge on any atom is 0.231 e. The highest BCUT2D eigenvalue weighted by molar-refractivity contribution is 5.94. The first-order valence-electron chi connectivity index (χ1n) is 9.51. The molecule has 0 aliphatic heterocycles. The van der Waals surface area contributed by atoms with Gasteiger partial charge in [-0.1, -0.05) is 17.7 Å². The van der Waals surface area contributed by atoms with Crippen LogP contribution < -0.4 is 4.57 Å². The Labute approximate surface area is 163 Å². The highest BCUT2D eigenvalue weighted by Crippen LogP contribution is 2.32. The minimum absolute atomic E-state index is 0.370. The Kier molecular flexibility index (Phi) is 4.82. The number of hydrogen-bond donors (Lipinski definition) is 0. The van der Waals surface area contributed by atoms with Crippen LogP contribution in [-0.4, -0.2) is 5.54 Å². The van der Waals surface area contributed by atoms with Crippen LogP contribution >= 0.6 is 0 Å². The molecule has 3 aromatic rings. The van der Waals surface area contributed by atoms with Gasteiger partial charge in [0.15, 0.2) is 6.20 Å². The topological polar surface area (TPSA) is 8.24 Å². The van der Waals surface area contributed by atoms with E-state index in [2.05, 4.69) is 80.7 Å². The van der Waals surface area contributed by atoms with Gasteiger partial charge in [-0.25, -0.2) is 11.1 Å². The third kappa shape index (κ3) is 3.60. The molecule has 2 aromatic carbocycles. The Balaban J connectivity index is 2.29. The van der Waals surface area contributed by atoms with Gasteiger partial charge in [0.1, 0.15) is 7.05 Å². The van der Waals surface area contributed by atoms with Crippen molar-refractivity contribution in [2.75, 3.05) is 0 Å². The molecule has 0 fully saturated rings. The van der Waals surface area contributed by atoms with Crippen LogP contribution in [0, 0.1) is 34.3 Å². The van der Waals surface area contributed by atoms with E-state index in [0.29, 0.717) is 0 Å². The number of pyridine rings is 1. The predicted molar refractivity (Wildman–Crippen MR) is 114 cm³/mol. The molecule has 0 N–H and O–H groups in total. The fourth-order valence-corrected chi connectivity index (χ4v) is 3.89. The van der Waals surface area contributed by atoms with Gasteiger partial charge in [-0.15, -0.1) is 0 Å². The molecule has 0 aliphatic carbocycles. The van der Waals surface area contributed by atoms with Crippen molar-refractivity contribution in [2.45, 2.75) is 53.5 Å². The van der Waals surface area contributed by atoms with Gasteiger partial charge in [-0.2, -0.15) is 0 Å².